The van der Waals surface area contributed by atoms with E-state index < -0.39 is 36.6 Å². The minimum absolute atomic E-state index is 0.00764. The lowest BCUT2D eigenvalue weighted by atomic mass is 10.0. The highest BCUT2D eigenvalue weighted by Crippen LogP contribution is 2.27. The Morgan fingerprint density at radius 3 is 2.16 bits per heavy atom. The van der Waals surface area contributed by atoms with Crippen molar-refractivity contribution in [1.82, 2.24) is 16.1 Å². The molecule has 0 aliphatic carbocycles. The number of hydrogen-bond donors (Lipinski definition) is 5. The third-order valence-electron chi connectivity index (χ3n) is 7.62. The molecule has 0 fully saturated rings. The van der Waals surface area contributed by atoms with Crippen LogP contribution >= 0.6 is 11.6 Å². The molecule has 5 rings (SSSR count). The number of nitrogens with zero attached hydrogens (tertiary/aromatic N) is 1. The molecule has 0 bridgehead atoms. The van der Waals surface area contributed by atoms with Gasteiger partial charge in [-0.05, 0) is 57.8 Å². The smallest absolute Gasteiger partial charge is 0.408 e. The van der Waals surface area contributed by atoms with E-state index >= 15 is 0 Å². The first-order valence-electron chi connectivity index (χ1n) is 15.7. The minimum Gasteiger partial charge on any atom is -0.508 e. The first-order chi connectivity index (χ1) is 24.3. The largest absolute Gasteiger partial charge is 0.508 e. The molecular weight excluding hydrogens is 660 g/mol. The van der Waals surface area contributed by atoms with Crippen molar-refractivity contribution in [3.63, 3.8) is 0 Å². The molecule has 0 aromatic heterocycles. The maximum Gasteiger partial charge on any atom is 0.408 e. The molecule has 2 atom stereocenters. The van der Waals surface area contributed by atoms with Crippen molar-refractivity contribution in [1.29, 1.82) is 0 Å². The molecule has 0 radical (unpaired) electrons. The average Bonchev–Trinajstić information content (AvgIpc) is 3.14. The van der Waals surface area contributed by atoms with Crippen LogP contribution in [0, 0.1) is 0 Å². The lowest BCUT2D eigenvalue weighted by molar-refractivity contribution is -0.130. The summed E-state index contributed by atoms with van der Waals surface area (Å²) in [6.45, 7) is -0.526. The van der Waals surface area contributed by atoms with E-state index in [1.54, 1.807) is 48.5 Å². The van der Waals surface area contributed by atoms with Crippen molar-refractivity contribution in [3.05, 3.63) is 143 Å². The SMILES string of the molecule is O=C(N[C@@H](CO)C(=O)N[C@@H](Cc1ccc(O)cc1)C(=O)N/N=C\c1c(OCc2ccc(Cl)cc2)ccc2ccccc12)OCc1ccccc1. The number of phenolic OH excluding ortho intramolecular Hbond substituents is 1. The van der Waals surface area contributed by atoms with Gasteiger partial charge in [0.25, 0.3) is 5.91 Å². The Balaban J connectivity index is 1.30. The van der Waals surface area contributed by atoms with Crippen molar-refractivity contribution < 1.29 is 34.1 Å². The zero-order chi connectivity index (χ0) is 35.3. The van der Waals surface area contributed by atoms with E-state index in [4.69, 9.17) is 21.1 Å². The van der Waals surface area contributed by atoms with Crippen LogP contribution in [0.4, 0.5) is 4.79 Å². The number of halogens is 1. The van der Waals surface area contributed by atoms with Gasteiger partial charge in [0.15, 0.2) is 0 Å². The van der Waals surface area contributed by atoms with Crippen LogP contribution in [0.2, 0.25) is 5.02 Å². The number of aliphatic hydroxyl groups is 1. The number of carbonyl (C=O) groups excluding carboxylic acids is 3. The number of benzene rings is 5. The van der Waals surface area contributed by atoms with Crippen LogP contribution in [0.3, 0.4) is 0 Å². The maximum atomic E-state index is 13.5. The van der Waals surface area contributed by atoms with Crippen molar-refractivity contribution in [2.24, 2.45) is 5.10 Å². The number of aromatic hydroxyl groups is 1. The fourth-order valence-corrected chi connectivity index (χ4v) is 5.09. The monoisotopic (exact) mass is 694 g/mol. The normalized spacial score (nSPS) is 12.2. The summed E-state index contributed by atoms with van der Waals surface area (Å²) in [5.41, 5.74) is 5.39. The highest BCUT2D eigenvalue weighted by atomic mass is 35.5. The van der Waals surface area contributed by atoms with Gasteiger partial charge >= 0.3 is 6.09 Å². The number of hydrogen-bond acceptors (Lipinski definition) is 8. The number of carbonyl (C=O) groups is 3. The Hall–Kier alpha value is -5.91. The van der Waals surface area contributed by atoms with Gasteiger partial charge < -0.3 is 30.3 Å². The van der Waals surface area contributed by atoms with Gasteiger partial charge in [-0.15, -0.1) is 0 Å². The van der Waals surface area contributed by atoms with Gasteiger partial charge in [-0.3, -0.25) is 9.59 Å². The van der Waals surface area contributed by atoms with Gasteiger partial charge in [-0.1, -0.05) is 96.5 Å². The number of phenols is 1. The molecule has 11 nitrogen and oxygen atoms in total. The van der Waals surface area contributed by atoms with E-state index in [2.05, 4.69) is 21.2 Å². The van der Waals surface area contributed by atoms with Crippen molar-refractivity contribution >= 4 is 46.5 Å². The lowest BCUT2D eigenvalue weighted by Gasteiger charge is -2.21. The molecule has 5 N–H and O–H groups in total. The van der Waals surface area contributed by atoms with Crippen LogP contribution in [-0.2, 0) is 34.0 Å². The lowest BCUT2D eigenvalue weighted by Crippen LogP contribution is -2.55. The summed E-state index contributed by atoms with van der Waals surface area (Å²) in [6.07, 6.45) is 0.558. The Bertz CT molecular complexity index is 1940. The molecule has 0 unspecified atom stereocenters. The fraction of sp³-hybridized carbons (Fsp3) is 0.158. The number of fused-ring (bicyclic) bond motifs is 1. The average molecular weight is 695 g/mol. The Morgan fingerprint density at radius 2 is 1.42 bits per heavy atom. The Kier molecular flexibility index (Phi) is 12.4. The summed E-state index contributed by atoms with van der Waals surface area (Å²) in [5.74, 6) is -0.929. The second-order valence-electron chi connectivity index (χ2n) is 11.2. The number of rotatable bonds is 14. The number of hydrazone groups is 1. The molecule has 5 aromatic rings. The van der Waals surface area contributed by atoms with E-state index in [-0.39, 0.29) is 25.4 Å². The summed E-state index contributed by atoms with van der Waals surface area (Å²) in [4.78, 5) is 39.1. The molecule has 256 valence electrons. The predicted molar refractivity (Wildman–Crippen MR) is 190 cm³/mol. The van der Waals surface area contributed by atoms with Crippen molar-refractivity contribution in [2.75, 3.05) is 6.61 Å². The molecule has 50 heavy (non-hydrogen) atoms. The minimum atomic E-state index is -1.41. The second kappa shape index (κ2) is 17.5. The molecule has 12 heteroatoms. The molecule has 0 aliphatic rings. The third kappa shape index (κ3) is 10.0. The van der Waals surface area contributed by atoms with E-state index in [0.717, 1.165) is 21.9 Å². The highest BCUT2D eigenvalue weighted by molar-refractivity contribution is 6.30. The zero-order valence-electron chi connectivity index (χ0n) is 26.8. The fourth-order valence-electron chi connectivity index (χ4n) is 4.97. The van der Waals surface area contributed by atoms with Crippen molar-refractivity contribution in [2.45, 2.75) is 31.7 Å². The maximum absolute atomic E-state index is 13.5. The van der Waals surface area contributed by atoms with Crippen LogP contribution in [-0.4, -0.2) is 53.0 Å². The van der Waals surface area contributed by atoms with Crippen LogP contribution in [0.25, 0.3) is 10.8 Å². The summed E-state index contributed by atoms with van der Waals surface area (Å²) in [7, 11) is 0. The molecule has 3 amide bonds. The molecule has 5 aromatic carbocycles. The van der Waals surface area contributed by atoms with Gasteiger partial charge in [-0.25, -0.2) is 10.2 Å². The first kappa shape index (κ1) is 35.4. The van der Waals surface area contributed by atoms with E-state index in [0.29, 0.717) is 21.9 Å². The number of amides is 3. The molecular formula is C38H35ClN4O7. The van der Waals surface area contributed by atoms with Gasteiger partial charge in [0.2, 0.25) is 5.91 Å². The van der Waals surface area contributed by atoms with E-state index in [1.807, 2.05) is 54.6 Å². The van der Waals surface area contributed by atoms with Crippen LogP contribution in [0.1, 0.15) is 22.3 Å². The number of ether oxygens (including phenoxy) is 2. The second-order valence-corrected chi connectivity index (χ2v) is 11.7. The topological polar surface area (TPSA) is 159 Å². The number of nitrogens with one attached hydrogen (secondary N) is 3. The van der Waals surface area contributed by atoms with Crippen molar-refractivity contribution in [3.8, 4) is 11.5 Å². The van der Waals surface area contributed by atoms with Gasteiger partial charge in [0, 0.05) is 17.0 Å². The van der Waals surface area contributed by atoms with Crippen LogP contribution in [0.5, 0.6) is 11.5 Å². The summed E-state index contributed by atoms with van der Waals surface area (Å²) in [6, 6.07) is 31.2. The van der Waals surface area contributed by atoms with Gasteiger partial charge in [-0.2, -0.15) is 5.10 Å². The molecule has 0 heterocycles. The standard InChI is InChI=1S/C38H35ClN4O7/c39-29-15-10-27(11-16-29)23-49-35-19-14-28-8-4-5-9-31(28)32(35)21-40-43-37(47)33(20-25-12-17-30(45)18-13-25)41-36(46)34(22-44)42-38(48)50-24-26-6-2-1-3-7-26/h1-19,21,33-34,44-45H,20,22-24H2,(H,41,46)(H,42,48)(H,43,47)/b40-21-/t33-,34-/m0/s1. The Morgan fingerprint density at radius 1 is 0.740 bits per heavy atom. The zero-order valence-corrected chi connectivity index (χ0v) is 27.5. The molecule has 0 aliphatic heterocycles. The van der Waals surface area contributed by atoms with Gasteiger partial charge in [0.1, 0.15) is 36.8 Å². The van der Waals surface area contributed by atoms with E-state index in [1.165, 1.54) is 18.3 Å². The van der Waals surface area contributed by atoms with Gasteiger partial charge in [0.05, 0.1) is 12.8 Å². The molecule has 0 spiro atoms. The van der Waals surface area contributed by atoms with Crippen LogP contribution in [0.15, 0.2) is 120 Å². The summed E-state index contributed by atoms with van der Waals surface area (Å²) < 4.78 is 11.3. The predicted octanol–water partition coefficient (Wildman–Crippen LogP) is 5.24. The summed E-state index contributed by atoms with van der Waals surface area (Å²) >= 11 is 6.02. The number of aliphatic hydroxyl groups excluding tert-OH is 1. The number of alkyl carbamates (subject to hydrolysis) is 1. The molecule has 0 saturated heterocycles. The highest BCUT2D eigenvalue weighted by Gasteiger charge is 2.27. The Labute approximate surface area is 293 Å². The molecule has 0 saturated carbocycles. The van der Waals surface area contributed by atoms with Crippen LogP contribution < -0.4 is 20.8 Å². The summed E-state index contributed by atoms with van der Waals surface area (Å²) in [5, 5.41) is 31.2. The quantitative estimate of drug-likeness (QED) is 0.0785. The third-order valence-corrected chi connectivity index (χ3v) is 7.87. The first-order valence-corrected chi connectivity index (χ1v) is 16.0. The van der Waals surface area contributed by atoms with E-state index in [9.17, 15) is 24.6 Å².